The number of nitrogens with zero attached hydrogens (tertiary/aromatic N) is 3. The average molecular weight is 822 g/mol. The first-order valence-electron chi connectivity index (χ1n) is 21.4. The van der Waals surface area contributed by atoms with Crippen LogP contribution in [0.5, 0.6) is 23.0 Å². The Morgan fingerprint density at radius 2 is 0.844 bits per heavy atom. The minimum absolute atomic E-state index is 0.594. The normalized spacial score (nSPS) is 13.1. The van der Waals surface area contributed by atoms with E-state index in [9.17, 15) is 0 Å². The molecule has 0 saturated heterocycles. The molecule has 0 amide bonds. The van der Waals surface area contributed by atoms with Crippen molar-refractivity contribution < 1.29 is 13.9 Å². The molecule has 1 aliphatic heterocycles. The molecular formula is C58H35N3O3. The van der Waals surface area contributed by atoms with Crippen molar-refractivity contribution in [2.24, 2.45) is 0 Å². The van der Waals surface area contributed by atoms with Gasteiger partial charge in [-0.15, -0.1) is 0 Å². The average Bonchev–Trinajstić information content (AvgIpc) is 3.89. The number of hydrogen-bond donors (Lipinski definition) is 0. The van der Waals surface area contributed by atoms with Gasteiger partial charge >= 0.3 is 0 Å². The highest BCUT2D eigenvalue weighted by Gasteiger charge is 2.46. The van der Waals surface area contributed by atoms with Crippen LogP contribution < -0.4 is 9.47 Å². The lowest BCUT2D eigenvalue weighted by atomic mass is 9.67. The van der Waals surface area contributed by atoms with Crippen LogP contribution in [0.1, 0.15) is 22.3 Å². The number of benzene rings is 9. The fraction of sp³-hybridized carbons (Fsp3) is 0.0172. The second-order valence-electron chi connectivity index (χ2n) is 16.3. The van der Waals surface area contributed by atoms with Gasteiger partial charge in [-0.05, 0) is 99.1 Å². The number of aromatic nitrogens is 3. The molecule has 0 unspecified atom stereocenters. The summed E-state index contributed by atoms with van der Waals surface area (Å²) in [7, 11) is 0. The molecule has 300 valence electrons. The topological polar surface area (TPSA) is 70.3 Å². The van der Waals surface area contributed by atoms with E-state index in [1.165, 1.54) is 22.3 Å². The summed E-state index contributed by atoms with van der Waals surface area (Å²) in [4.78, 5) is 15.2. The summed E-state index contributed by atoms with van der Waals surface area (Å²) in [5.74, 6) is 4.60. The van der Waals surface area contributed by atoms with E-state index in [0.29, 0.717) is 40.5 Å². The van der Waals surface area contributed by atoms with E-state index < -0.39 is 5.41 Å². The molecule has 0 N–H and O–H groups in total. The molecule has 9 aromatic carbocycles. The Morgan fingerprint density at radius 3 is 1.59 bits per heavy atom. The Morgan fingerprint density at radius 1 is 0.312 bits per heavy atom. The van der Waals surface area contributed by atoms with Crippen molar-refractivity contribution in [2.75, 3.05) is 0 Å². The molecular weight excluding hydrogens is 787 g/mol. The molecule has 3 heterocycles. The zero-order valence-corrected chi connectivity index (χ0v) is 34.3. The van der Waals surface area contributed by atoms with Crippen LogP contribution in [-0.2, 0) is 5.41 Å². The summed E-state index contributed by atoms with van der Waals surface area (Å²) in [6.07, 6.45) is 0. The van der Waals surface area contributed by atoms with Crippen LogP contribution in [0.3, 0.4) is 0 Å². The summed E-state index contributed by atoms with van der Waals surface area (Å²) >= 11 is 0. The summed E-state index contributed by atoms with van der Waals surface area (Å²) < 4.78 is 19.0. The molecule has 2 aromatic heterocycles. The smallest absolute Gasteiger partial charge is 0.170 e. The Hall–Kier alpha value is -8.61. The lowest BCUT2D eigenvalue weighted by Gasteiger charge is -2.34. The van der Waals surface area contributed by atoms with E-state index in [1.54, 1.807) is 0 Å². The van der Waals surface area contributed by atoms with Crippen LogP contribution in [0, 0.1) is 0 Å². The molecule has 6 nitrogen and oxygen atoms in total. The van der Waals surface area contributed by atoms with Crippen molar-refractivity contribution >= 4 is 21.9 Å². The van der Waals surface area contributed by atoms with Crippen LogP contribution in [0.4, 0.5) is 0 Å². The van der Waals surface area contributed by atoms with Crippen LogP contribution in [0.2, 0.25) is 0 Å². The van der Waals surface area contributed by atoms with Crippen LogP contribution in [0.15, 0.2) is 217 Å². The molecule has 0 atom stereocenters. The molecule has 6 heteroatoms. The van der Waals surface area contributed by atoms with Crippen molar-refractivity contribution in [3.8, 4) is 79.4 Å². The predicted octanol–water partition coefficient (Wildman–Crippen LogP) is 14.7. The van der Waals surface area contributed by atoms with E-state index in [1.807, 2.05) is 91.0 Å². The summed E-state index contributed by atoms with van der Waals surface area (Å²) in [5, 5.41) is 2.08. The van der Waals surface area contributed by atoms with Gasteiger partial charge in [0.15, 0.2) is 40.5 Å². The van der Waals surface area contributed by atoms with Gasteiger partial charge in [-0.3, -0.25) is 0 Å². The minimum Gasteiger partial charge on any atom is -0.456 e. The van der Waals surface area contributed by atoms with Gasteiger partial charge in [0.2, 0.25) is 0 Å². The van der Waals surface area contributed by atoms with Crippen molar-refractivity contribution in [2.45, 2.75) is 5.41 Å². The van der Waals surface area contributed by atoms with Crippen LogP contribution >= 0.6 is 0 Å². The lowest BCUT2D eigenvalue weighted by Crippen LogP contribution is -2.28. The summed E-state index contributed by atoms with van der Waals surface area (Å²) in [6.45, 7) is 0. The van der Waals surface area contributed by atoms with Crippen molar-refractivity contribution in [3.63, 3.8) is 0 Å². The number of fused-ring (bicyclic) bond motifs is 8. The Labute approximate surface area is 368 Å². The SMILES string of the molecule is c1ccc(-c2nc(-c3cccc(-c4ccc(C5(c6ccc7c(c6)Oc6ccccc6O7)c6ccccc6-c6ccccc65)cc4)c3)nc(-c3ccc4oc5ccccc5c4c3)n2)cc1. The lowest BCUT2D eigenvalue weighted by molar-refractivity contribution is 0.359. The second kappa shape index (κ2) is 14.2. The highest BCUT2D eigenvalue weighted by Crippen LogP contribution is 2.58. The van der Waals surface area contributed by atoms with Crippen molar-refractivity contribution in [1.29, 1.82) is 0 Å². The maximum absolute atomic E-state index is 6.51. The highest BCUT2D eigenvalue weighted by molar-refractivity contribution is 6.06. The maximum Gasteiger partial charge on any atom is 0.170 e. The first-order valence-corrected chi connectivity index (χ1v) is 21.4. The highest BCUT2D eigenvalue weighted by atomic mass is 16.6. The molecule has 1 aliphatic carbocycles. The van der Waals surface area contributed by atoms with Crippen LogP contribution in [-0.4, -0.2) is 15.0 Å². The third-order valence-electron chi connectivity index (χ3n) is 12.7. The number of furan rings is 1. The molecule has 0 spiro atoms. The molecule has 64 heavy (non-hydrogen) atoms. The van der Waals surface area contributed by atoms with Crippen molar-refractivity contribution in [3.05, 3.63) is 235 Å². The largest absolute Gasteiger partial charge is 0.456 e. The first kappa shape index (κ1) is 36.1. The van der Waals surface area contributed by atoms with E-state index >= 15 is 0 Å². The molecule has 0 radical (unpaired) electrons. The van der Waals surface area contributed by atoms with Gasteiger partial charge in [-0.2, -0.15) is 0 Å². The van der Waals surface area contributed by atoms with E-state index in [2.05, 4.69) is 121 Å². The van der Waals surface area contributed by atoms with Crippen molar-refractivity contribution in [1.82, 2.24) is 15.0 Å². The third-order valence-corrected chi connectivity index (χ3v) is 12.7. The van der Waals surface area contributed by atoms with Crippen LogP contribution in [0.25, 0.3) is 78.4 Å². The van der Waals surface area contributed by atoms with Gasteiger partial charge in [-0.1, -0.05) is 158 Å². The monoisotopic (exact) mass is 821 g/mol. The number of para-hydroxylation sites is 3. The molecule has 0 saturated carbocycles. The zero-order chi connectivity index (χ0) is 42.2. The predicted molar refractivity (Wildman–Crippen MR) is 253 cm³/mol. The molecule has 13 rings (SSSR count). The summed E-state index contributed by atoms with van der Waals surface area (Å²) in [6, 6.07) is 73.5. The standard InChI is InChI=1S/C58H35N3O3/c1-2-13-37(14-3-1)55-59-56(61-57(60-55)40-27-31-50-46(34-40)45-19-6-9-22-49(45)62-50)39-16-12-15-38(33-39)36-25-28-41(29-26-36)58(47-20-7-4-17-43(47)44-18-5-8-21-48(44)58)42-30-32-53-54(35-42)64-52-24-11-10-23-51(52)63-53/h1-35H. The molecule has 11 aromatic rings. The summed E-state index contributed by atoms with van der Waals surface area (Å²) in [5.41, 5.74) is 13.0. The first-order chi connectivity index (χ1) is 31.7. The van der Waals surface area contributed by atoms with Gasteiger partial charge in [0.05, 0.1) is 5.41 Å². The number of rotatable bonds is 6. The molecule has 0 bridgehead atoms. The van der Waals surface area contributed by atoms with E-state index in [0.717, 1.165) is 60.9 Å². The minimum atomic E-state index is -0.621. The van der Waals surface area contributed by atoms with Gasteiger partial charge in [-0.25, -0.2) is 15.0 Å². The second-order valence-corrected chi connectivity index (χ2v) is 16.3. The molecule has 2 aliphatic rings. The van der Waals surface area contributed by atoms with E-state index in [-0.39, 0.29) is 0 Å². The van der Waals surface area contributed by atoms with Gasteiger partial charge in [0, 0.05) is 27.5 Å². The fourth-order valence-electron chi connectivity index (χ4n) is 9.75. The van der Waals surface area contributed by atoms with Gasteiger partial charge in [0.25, 0.3) is 0 Å². The number of ether oxygens (including phenoxy) is 2. The number of hydrogen-bond acceptors (Lipinski definition) is 6. The van der Waals surface area contributed by atoms with Gasteiger partial charge in [0.1, 0.15) is 11.2 Å². The Bertz CT molecular complexity index is 3590. The quantitative estimate of drug-likeness (QED) is 0.166. The Kier molecular flexibility index (Phi) is 8.02. The van der Waals surface area contributed by atoms with Gasteiger partial charge < -0.3 is 13.9 Å². The molecule has 0 fully saturated rings. The Balaban J connectivity index is 0.919. The zero-order valence-electron chi connectivity index (χ0n) is 34.3. The van der Waals surface area contributed by atoms with E-state index in [4.69, 9.17) is 28.8 Å². The third kappa shape index (κ3) is 5.63. The fourth-order valence-corrected chi connectivity index (χ4v) is 9.75. The maximum atomic E-state index is 6.51.